The Labute approximate surface area is 176 Å². The van der Waals surface area contributed by atoms with E-state index in [0.29, 0.717) is 18.7 Å². The van der Waals surface area contributed by atoms with Crippen molar-refractivity contribution >= 4 is 22.8 Å². The number of anilines is 1. The van der Waals surface area contributed by atoms with Gasteiger partial charge in [-0.2, -0.15) is 5.10 Å². The Kier molecular flexibility index (Phi) is 5.67. The summed E-state index contributed by atoms with van der Waals surface area (Å²) in [5, 5.41) is 8.38. The van der Waals surface area contributed by atoms with Crippen LogP contribution in [-0.4, -0.2) is 57.5 Å². The van der Waals surface area contributed by atoms with Gasteiger partial charge in [-0.1, -0.05) is 17.2 Å². The van der Waals surface area contributed by atoms with Crippen LogP contribution in [0.4, 0.5) is 5.82 Å². The number of morpholine rings is 1. The lowest BCUT2D eigenvalue weighted by atomic mass is 10.1. The molecule has 0 radical (unpaired) electrons. The molecule has 1 N–H and O–H groups in total. The second-order valence-corrected chi connectivity index (χ2v) is 8.10. The first-order valence-corrected chi connectivity index (χ1v) is 10.3. The molecule has 0 aliphatic carbocycles. The molecule has 3 heterocycles. The number of rotatable bonds is 5. The fraction of sp³-hybridized carbons (Fsp3) is 0.455. The number of amides is 1. The van der Waals surface area contributed by atoms with E-state index < -0.39 is 0 Å². The zero-order valence-electron chi connectivity index (χ0n) is 17.9. The highest BCUT2D eigenvalue weighted by molar-refractivity contribution is 5.94. The molecule has 1 saturated heterocycles. The number of hydrogen-bond donors (Lipinski definition) is 1. The molecule has 3 aromatic rings. The highest BCUT2D eigenvalue weighted by atomic mass is 16.5. The molecule has 1 aliphatic rings. The van der Waals surface area contributed by atoms with Crippen LogP contribution in [0, 0.1) is 13.8 Å². The minimum Gasteiger partial charge on any atom is -0.372 e. The van der Waals surface area contributed by atoms with Crippen LogP contribution in [0.2, 0.25) is 0 Å². The minimum absolute atomic E-state index is 0.0788. The van der Waals surface area contributed by atoms with Crippen molar-refractivity contribution in [3.8, 4) is 0 Å². The second kappa shape index (κ2) is 8.39. The van der Waals surface area contributed by atoms with Crippen molar-refractivity contribution in [1.29, 1.82) is 0 Å². The van der Waals surface area contributed by atoms with Gasteiger partial charge in [0.25, 0.3) is 5.91 Å². The molecule has 30 heavy (non-hydrogen) atoms. The summed E-state index contributed by atoms with van der Waals surface area (Å²) in [5.74, 6) is 0.803. The van der Waals surface area contributed by atoms with E-state index in [-0.39, 0.29) is 18.1 Å². The normalized spacial score (nSPS) is 19.3. The van der Waals surface area contributed by atoms with Crippen LogP contribution < -0.4 is 10.2 Å². The number of aromatic nitrogens is 4. The van der Waals surface area contributed by atoms with Crippen molar-refractivity contribution in [1.82, 2.24) is 25.1 Å². The monoisotopic (exact) mass is 408 g/mol. The van der Waals surface area contributed by atoms with Gasteiger partial charge >= 0.3 is 0 Å². The Morgan fingerprint density at radius 2 is 1.83 bits per heavy atom. The fourth-order valence-electron chi connectivity index (χ4n) is 4.13. The standard InChI is InChI=1S/C22H28N6O2/c1-14-7-15(2)9-18(8-14)22(29)23-5-6-28-21-19(10-26-28)20(24-13-25-21)27-11-16(3)30-17(4)12-27/h7-10,13,16-17H,5-6,11-12H2,1-4H3,(H,23,29). The Morgan fingerprint density at radius 3 is 2.53 bits per heavy atom. The van der Waals surface area contributed by atoms with Crippen molar-refractivity contribution < 1.29 is 9.53 Å². The third-order valence-corrected chi connectivity index (χ3v) is 5.22. The fourth-order valence-corrected chi connectivity index (χ4v) is 4.13. The maximum Gasteiger partial charge on any atom is 0.251 e. The first-order chi connectivity index (χ1) is 14.4. The summed E-state index contributed by atoms with van der Waals surface area (Å²) in [7, 11) is 0. The van der Waals surface area contributed by atoms with Gasteiger partial charge in [0.1, 0.15) is 12.1 Å². The van der Waals surface area contributed by atoms with E-state index in [0.717, 1.165) is 41.1 Å². The quantitative estimate of drug-likeness (QED) is 0.698. The summed E-state index contributed by atoms with van der Waals surface area (Å²) in [5.41, 5.74) is 3.61. The molecule has 4 rings (SSSR count). The molecule has 1 amide bonds. The molecule has 0 saturated carbocycles. The minimum atomic E-state index is -0.0788. The molecule has 158 valence electrons. The SMILES string of the molecule is Cc1cc(C)cc(C(=O)NCCn2ncc3c(N4CC(C)OC(C)C4)ncnc32)c1. The number of fused-ring (bicyclic) bond motifs is 1. The molecular formula is C22H28N6O2. The topological polar surface area (TPSA) is 85.2 Å². The van der Waals surface area contributed by atoms with Gasteiger partial charge in [0, 0.05) is 25.2 Å². The molecule has 1 aromatic carbocycles. The Morgan fingerprint density at radius 1 is 1.13 bits per heavy atom. The maximum absolute atomic E-state index is 12.5. The molecule has 1 fully saturated rings. The molecule has 2 unspecified atom stereocenters. The number of carbonyl (C=O) groups excluding carboxylic acids is 1. The van der Waals surface area contributed by atoms with E-state index in [2.05, 4.69) is 45.2 Å². The molecule has 8 nitrogen and oxygen atoms in total. The third-order valence-electron chi connectivity index (χ3n) is 5.22. The highest BCUT2D eigenvalue weighted by Crippen LogP contribution is 2.25. The van der Waals surface area contributed by atoms with Gasteiger partial charge in [-0.15, -0.1) is 0 Å². The largest absolute Gasteiger partial charge is 0.372 e. The smallest absolute Gasteiger partial charge is 0.251 e. The van der Waals surface area contributed by atoms with Crippen molar-refractivity contribution in [2.45, 2.75) is 46.4 Å². The van der Waals surface area contributed by atoms with Gasteiger partial charge in [0.2, 0.25) is 0 Å². The van der Waals surface area contributed by atoms with Gasteiger partial charge in [0.15, 0.2) is 5.65 Å². The summed E-state index contributed by atoms with van der Waals surface area (Å²) < 4.78 is 7.65. The van der Waals surface area contributed by atoms with E-state index >= 15 is 0 Å². The highest BCUT2D eigenvalue weighted by Gasteiger charge is 2.25. The van der Waals surface area contributed by atoms with Gasteiger partial charge in [-0.25, -0.2) is 14.6 Å². The molecule has 2 atom stereocenters. The first kappa shape index (κ1) is 20.3. The molecule has 1 aliphatic heterocycles. The number of nitrogens with zero attached hydrogens (tertiary/aromatic N) is 5. The molecule has 8 heteroatoms. The maximum atomic E-state index is 12.5. The van der Waals surface area contributed by atoms with Gasteiger partial charge in [-0.05, 0) is 39.8 Å². The van der Waals surface area contributed by atoms with Gasteiger partial charge in [-0.3, -0.25) is 4.79 Å². The van der Waals surface area contributed by atoms with E-state index in [9.17, 15) is 4.79 Å². The number of carbonyl (C=O) groups is 1. The lowest BCUT2D eigenvalue weighted by molar-refractivity contribution is -0.00537. The summed E-state index contributed by atoms with van der Waals surface area (Å²) in [6.45, 7) is 10.7. The first-order valence-electron chi connectivity index (χ1n) is 10.3. The van der Waals surface area contributed by atoms with Crippen LogP contribution in [0.15, 0.2) is 30.7 Å². The number of hydrogen-bond acceptors (Lipinski definition) is 6. The number of benzene rings is 1. The van der Waals surface area contributed by atoms with E-state index in [1.54, 1.807) is 12.5 Å². The predicted molar refractivity (Wildman–Crippen MR) is 116 cm³/mol. The predicted octanol–water partition coefficient (Wildman–Crippen LogP) is 2.49. The summed E-state index contributed by atoms with van der Waals surface area (Å²) in [6.07, 6.45) is 3.68. The third kappa shape index (κ3) is 4.28. The van der Waals surface area contributed by atoms with Crippen molar-refractivity contribution in [3.63, 3.8) is 0 Å². The second-order valence-electron chi connectivity index (χ2n) is 8.10. The van der Waals surface area contributed by atoms with Crippen LogP contribution in [-0.2, 0) is 11.3 Å². The average molecular weight is 409 g/mol. The van der Waals surface area contributed by atoms with Crippen LogP contribution in [0.5, 0.6) is 0 Å². The van der Waals surface area contributed by atoms with Crippen molar-refractivity contribution in [2.24, 2.45) is 0 Å². The number of ether oxygens (including phenoxy) is 1. The van der Waals surface area contributed by atoms with Crippen molar-refractivity contribution in [2.75, 3.05) is 24.5 Å². The average Bonchev–Trinajstić information content (AvgIpc) is 3.09. The number of aryl methyl sites for hydroxylation is 2. The Bertz CT molecular complexity index is 1030. The Hall–Kier alpha value is -3.00. The van der Waals surface area contributed by atoms with E-state index in [1.165, 1.54) is 0 Å². The van der Waals surface area contributed by atoms with E-state index in [1.807, 2.05) is 30.7 Å². The molecular weight excluding hydrogens is 380 g/mol. The van der Waals surface area contributed by atoms with Crippen LogP contribution in [0.25, 0.3) is 11.0 Å². The van der Waals surface area contributed by atoms with Crippen LogP contribution >= 0.6 is 0 Å². The zero-order valence-corrected chi connectivity index (χ0v) is 17.9. The number of nitrogens with one attached hydrogen (secondary N) is 1. The van der Waals surface area contributed by atoms with Crippen LogP contribution in [0.3, 0.4) is 0 Å². The molecule has 2 aromatic heterocycles. The van der Waals surface area contributed by atoms with Gasteiger partial charge in [0.05, 0.1) is 30.3 Å². The summed E-state index contributed by atoms with van der Waals surface area (Å²) in [4.78, 5) is 23.7. The zero-order chi connectivity index (χ0) is 21.3. The Balaban J connectivity index is 1.46. The van der Waals surface area contributed by atoms with Crippen molar-refractivity contribution in [3.05, 3.63) is 47.4 Å². The van der Waals surface area contributed by atoms with E-state index in [4.69, 9.17) is 4.74 Å². The lowest BCUT2D eigenvalue weighted by Crippen LogP contribution is -2.45. The molecule has 0 spiro atoms. The van der Waals surface area contributed by atoms with Crippen LogP contribution in [0.1, 0.15) is 35.3 Å². The summed E-state index contributed by atoms with van der Waals surface area (Å²) in [6, 6.07) is 5.85. The molecule has 0 bridgehead atoms. The van der Waals surface area contributed by atoms with Gasteiger partial charge < -0.3 is 15.0 Å². The lowest BCUT2D eigenvalue weighted by Gasteiger charge is -2.36. The summed E-state index contributed by atoms with van der Waals surface area (Å²) >= 11 is 0.